The lowest BCUT2D eigenvalue weighted by Gasteiger charge is -1.97. The third-order valence-corrected chi connectivity index (χ3v) is 2.30. The molecule has 0 saturated carbocycles. The van der Waals surface area contributed by atoms with Gasteiger partial charge in [-0.05, 0) is 51.0 Å². The van der Waals surface area contributed by atoms with E-state index < -0.39 is 0 Å². The van der Waals surface area contributed by atoms with Crippen molar-refractivity contribution in [3.05, 3.63) is 59.2 Å². The molecule has 2 aromatic heterocycles. The van der Waals surface area contributed by atoms with Crippen LogP contribution in [0.4, 0.5) is 0 Å². The van der Waals surface area contributed by atoms with E-state index in [2.05, 4.69) is 23.0 Å². The highest BCUT2D eigenvalue weighted by Gasteiger charge is 1.90. The molecule has 0 atom stereocenters. The molecule has 0 fully saturated rings. The number of hydrogen-bond acceptors (Lipinski definition) is 2. The zero-order chi connectivity index (χ0) is 12.0. The molecule has 0 bridgehead atoms. The van der Waals surface area contributed by atoms with E-state index in [4.69, 9.17) is 0 Å². The highest BCUT2D eigenvalue weighted by atomic mass is 14.7. The van der Waals surface area contributed by atoms with E-state index in [1.54, 1.807) is 6.20 Å². The van der Waals surface area contributed by atoms with E-state index in [-0.39, 0.29) is 7.43 Å². The summed E-state index contributed by atoms with van der Waals surface area (Å²) in [5.74, 6) is 0. The summed E-state index contributed by atoms with van der Waals surface area (Å²) in [6.07, 6.45) is 3.60. The minimum atomic E-state index is 0. The van der Waals surface area contributed by atoms with Gasteiger partial charge in [-0.3, -0.25) is 9.97 Å². The molecular formula is C15H22N2. The Morgan fingerprint density at radius 2 is 1.65 bits per heavy atom. The lowest BCUT2D eigenvalue weighted by atomic mass is 10.2. The van der Waals surface area contributed by atoms with Crippen molar-refractivity contribution in [2.45, 2.75) is 35.1 Å². The van der Waals surface area contributed by atoms with Crippen LogP contribution in [0, 0.1) is 27.7 Å². The van der Waals surface area contributed by atoms with Gasteiger partial charge in [0.25, 0.3) is 0 Å². The van der Waals surface area contributed by atoms with E-state index in [1.807, 2.05) is 45.2 Å². The molecule has 2 nitrogen and oxygen atoms in total. The van der Waals surface area contributed by atoms with Crippen molar-refractivity contribution in [3.63, 3.8) is 0 Å². The summed E-state index contributed by atoms with van der Waals surface area (Å²) in [7, 11) is 0. The monoisotopic (exact) mass is 230 g/mol. The van der Waals surface area contributed by atoms with Crippen LogP contribution >= 0.6 is 0 Å². The molecule has 2 rings (SSSR count). The molecule has 0 aliphatic rings. The van der Waals surface area contributed by atoms with Gasteiger partial charge in [-0.25, -0.2) is 0 Å². The Bertz CT molecular complexity index is 436. The zero-order valence-corrected chi connectivity index (χ0v) is 10.4. The molecule has 0 aliphatic carbocycles. The van der Waals surface area contributed by atoms with E-state index in [9.17, 15) is 0 Å². The minimum Gasteiger partial charge on any atom is -0.264 e. The Labute approximate surface area is 105 Å². The van der Waals surface area contributed by atoms with Crippen molar-refractivity contribution in [2.24, 2.45) is 0 Å². The lowest BCUT2D eigenvalue weighted by molar-refractivity contribution is 1.09. The van der Waals surface area contributed by atoms with Crippen LogP contribution in [0.15, 0.2) is 36.7 Å². The van der Waals surface area contributed by atoms with Crippen molar-refractivity contribution in [1.82, 2.24) is 9.97 Å². The Kier molecular flexibility index (Phi) is 6.80. The van der Waals surface area contributed by atoms with Crippen LogP contribution < -0.4 is 0 Å². The van der Waals surface area contributed by atoms with Gasteiger partial charge in [-0.2, -0.15) is 0 Å². The van der Waals surface area contributed by atoms with Gasteiger partial charge in [-0.15, -0.1) is 0 Å². The van der Waals surface area contributed by atoms with Gasteiger partial charge in [0.2, 0.25) is 0 Å². The average Bonchev–Trinajstić information content (AvgIpc) is 2.26. The molecule has 0 radical (unpaired) electrons. The maximum absolute atomic E-state index is 4.27. The molecule has 17 heavy (non-hydrogen) atoms. The number of rotatable bonds is 0. The number of aromatic nitrogens is 2. The largest absolute Gasteiger partial charge is 0.264 e. The SMILES string of the molecule is C.Cc1ccc(C)c(C)n1.Cc1cccnc1. The average molecular weight is 230 g/mol. The van der Waals surface area contributed by atoms with Gasteiger partial charge in [0.05, 0.1) is 0 Å². The Balaban J connectivity index is 0.000000292. The molecule has 2 aromatic rings. The van der Waals surface area contributed by atoms with Crippen molar-refractivity contribution >= 4 is 0 Å². The number of nitrogens with zero attached hydrogens (tertiary/aromatic N) is 2. The van der Waals surface area contributed by atoms with Crippen LogP contribution in [0.5, 0.6) is 0 Å². The highest BCUT2D eigenvalue weighted by molar-refractivity contribution is 5.19. The molecule has 0 aromatic carbocycles. The smallest absolute Gasteiger partial charge is 0.0404 e. The van der Waals surface area contributed by atoms with Gasteiger partial charge in [-0.1, -0.05) is 19.6 Å². The third kappa shape index (κ3) is 5.81. The fourth-order valence-electron chi connectivity index (χ4n) is 1.20. The van der Waals surface area contributed by atoms with Crippen LogP contribution in [0.25, 0.3) is 0 Å². The van der Waals surface area contributed by atoms with Crippen LogP contribution in [0.2, 0.25) is 0 Å². The molecular weight excluding hydrogens is 208 g/mol. The predicted octanol–water partition coefficient (Wildman–Crippen LogP) is 4.03. The van der Waals surface area contributed by atoms with Crippen LogP contribution in [0.1, 0.15) is 29.9 Å². The van der Waals surface area contributed by atoms with E-state index >= 15 is 0 Å². The molecule has 0 amide bonds. The topological polar surface area (TPSA) is 25.8 Å². The summed E-state index contributed by atoms with van der Waals surface area (Å²) in [6.45, 7) is 8.13. The van der Waals surface area contributed by atoms with Crippen LogP contribution in [-0.4, -0.2) is 9.97 Å². The number of pyridine rings is 2. The fourth-order valence-corrected chi connectivity index (χ4v) is 1.20. The lowest BCUT2D eigenvalue weighted by Crippen LogP contribution is -1.87. The number of hydrogen-bond donors (Lipinski definition) is 0. The Morgan fingerprint density at radius 3 is 2.00 bits per heavy atom. The number of aryl methyl sites for hydroxylation is 4. The van der Waals surface area contributed by atoms with Gasteiger partial charge in [0.1, 0.15) is 0 Å². The summed E-state index contributed by atoms with van der Waals surface area (Å²) in [6, 6.07) is 8.07. The van der Waals surface area contributed by atoms with Crippen molar-refractivity contribution in [3.8, 4) is 0 Å². The highest BCUT2D eigenvalue weighted by Crippen LogP contribution is 2.02. The molecule has 2 heteroatoms. The minimum absolute atomic E-state index is 0. The zero-order valence-electron chi connectivity index (χ0n) is 10.4. The van der Waals surface area contributed by atoms with Crippen molar-refractivity contribution in [1.29, 1.82) is 0 Å². The van der Waals surface area contributed by atoms with E-state index in [1.165, 1.54) is 11.1 Å². The van der Waals surface area contributed by atoms with Gasteiger partial charge >= 0.3 is 0 Å². The van der Waals surface area contributed by atoms with Crippen molar-refractivity contribution in [2.75, 3.05) is 0 Å². The first-order valence-corrected chi connectivity index (χ1v) is 5.37. The van der Waals surface area contributed by atoms with E-state index in [0.29, 0.717) is 0 Å². The predicted molar refractivity (Wildman–Crippen MR) is 74.2 cm³/mol. The summed E-state index contributed by atoms with van der Waals surface area (Å²) >= 11 is 0. The van der Waals surface area contributed by atoms with E-state index in [0.717, 1.165) is 11.4 Å². The first kappa shape index (κ1) is 15.3. The normalized spacial score (nSPS) is 8.71. The molecule has 0 aliphatic heterocycles. The molecule has 0 unspecified atom stereocenters. The maximum atomic E-state index is 4.27. The molecule has 0 saturated heterocycles. The second-order valence-corrected chi connectivity index (χ2v) is 3.89. The summed E-state index contributed by atoms with van der Waals surface area (Å²) in [5.41, 5.74) is 4.70. The van der Waals surface area contributed by atoms with Crippen LogP contribution in [0.3, 0.4) is 0 Å². The van der Waals surface area contributed by atoms with Gasteiger partial charge in [0.15, 0.2) is 0 Å². The maximum Gasteiger partial charge on any atom is 0.0404 e. The van der Waals surface area contributed by atoms with Gasteiger partial charge < -0.3 is 0 Å². The summed E-state index contributed by atoms with van der Waals surface area (Å²) in [5, 5.41) is 0. The quantitative estimate of drug-likeness (QED) is 0.682. The van der Waals surface area contributed by atoms with Gasteiger partial charge in [0, 0.05) is 23.8 Å². The summed E-state index contributed by atoms with van der Waals surface area (Å²) < 4.78 is 0. The molecule has 0 N–H and O–H groups in total. The standard InChI is InChI=1S/C8H11N.C6H7N.CH4/c1-6-4-5-7(2)9-8(6)3;1-6-3-2-4-7-5-6;/h4-5H,1-3H3;2-5H,1H3;1H4. The fraction of sp³-hybridized carbons (Fsp3) is 0.333. The van der Waals surface area contributed by atoms with Crippen molar-refractivity contribution < 1.29 is 0 Å². The van der Waals surface area contributed by atoms with Crippen LogP contribution in [-0.2, 0) is 0 Å². The second-order valence-electron chi connectivity index (χ2n) is 3.89. The molecule has 92 valence electrons. The Hall–Kier alpha value is -1.70. The first-order valence-electron chi connectivity index (χ1n) is 5.37. The molecule has 0 spiro atoms. The third-order valence-electron chi connectivity index (χ3n) is 2.30. The second kappa shape index (κ2) is 7.55. The Morgan fingerprint density at radius 1 is 0.941 bits per heavy atom. The first-order chi connectivity index (χ1) is 7.59. The molecule has 2 heterocycles. The summed E-state index contributed by atoms with van der Waals surface area (Å²) in [4.78, 5) is 8.16.